The van der Waals surface area contributed by atoms with Crippen molar-refractivity contribution in [1.82, 2.24) is 10.3 Å². The van der Waals surface area contributed by atoms with E-state index in [2.05, 4.69) is 28.5 Å². The summed E-state index contributed by atoms with van der Waals surface area (Å²) in [5.41, 5.74) is 10.4. The standard InChI is InChI=1S/C24H24N4O2S/c1-14(2)30-21-9-6-15(10-16(21)11-25)24-27-13-22(31-24)19-5-3-4-18-17(19)7-8-20(18)28-23(29)12-26/h3-6,9-10,13-14,20H,7-8,12,26H2,1-2H3,(H,28,29)/t20-/m1/s1. The van der Waals surface area contributed by atoms with Gasteiger partial charge in [0.2, 0.25) is 5.91 Å². The lowest BCUT2D eigenvalue weighted by Gasteiger charge is -2.14. The molecule has 1 heterocycles. The Hall–Kier alpha value is -3.21. The van der Waals surface area contributed by atoms with Crippen LogP contribution in [0.15, 0.2) is 42.6 Å². The summed E-state index contributed by atoms with van der Waals surface area (Å²) in [5.74, 6) is 0.450. The van der Waals surface area contributed by atoms with Gasteiger partial charge in [0, 0.05) is 11.8 Å². The maximum atomic E-state index is 11.8. The van der Waals surface area contributed by atoms with Gasteiger partial charge in [-0.2, -0.15) is 5.26 Å². The number of benzene rings is 2. The van der Waals surface area contributed by atoms with Crippen molar-refractivity contribution in [2.75, 3.05) is 6.54 Å². The van der Waals surface area contributed by atoms with E-state index in [0.29, 0.717) is 11.3 Å². The van der Waals surface area contributed by atoms with Crippen LogP contribution >= 0.6 is 11.3 Å². The van der Waals surface area contributed by atoms with Crippen molar-refractivity contribution in [2.24, 2.45) is 5.73 Å². The Kier molecular flexibility index (Phi) is 6.03. The van der Waals surface area contributed by atoms with Gasteiger partial charge in [0.15, 0.2) is 0 Å². The normalized spacial score (nSPS) is 14.9. The number of aromatic nitrogens is 1. The number of hydrogen-bond donors (Lipinski definition) is 2. The lowest BCUT2D eigenvalue weighted by atomic mass is 10.0. The Morgan fingerprint density at radius 2 is 2.23 bits per heavy atom. The van der Waals surface area contributed by atoms with Gasteiger partial charge >= 0.3 is 0 Å². The number of nitrogens with zero attached hydrogens (tertiary/aromatic N) is 2. The van der Waals surface area contributed by atoms with Crippen LogP contribution in [-0.2, 0) is 11.2 Å². The summed E-state index contributed by atoms with van der Waals surface area (Å²) in [5, 5.41) is 13.4. The third-order valence-corrected chi connectivity index (χ3v) is 6.35. The number of amides is 1. The Labute approximate surface area is 185 Å². The smallest absolute Gasteiger partial charge is 0.234 e. The van der Waals surface area contributed by atoms with Crippen LogP contribution in [0.4, 0.5) is 0 Å². The molecule has 3 aromatic rings. The van der Waals surface area contributed by atoms with Crippen LogP contribution in [0.5, 0.6) is 5.75 Å². The van der Waals surface area contributed by atoms with Gasteiger partial charge in [0.25, 0.3) is 0 Å². The number of ether oxygens (including phenoxy) is 1. The van der Waals surface area contributed by atoms with Crippen molar-refractivity contribution in [3.8, 4) is 32.8 Å². The lowest BCUT2D eigenvalue weighted by molar-refractivity contribution is -0.120. The van der Waals surface area contributed by atoms with Crippen molar-refractivity contribution in [3.05, 3.63) is 59.3 Å². The molecule has 0 aliphatic heterocycles. The number of nitrogens with one attached hydrogen (secondary N) is 1. The fourth-order valence-electron chi connectivity index (χ4n) is 3.93. The molecule has 0 unspecified atom stereocenters. The van der Waals surface area contributed by atoms with Crippen molar-refractivity contribution < 1.29 is 9.53 Å². The molecule has 0 radical (unpaired) electrons. The molecule has 0 saturated heterocycles. The molecule has 1 aromatic heterocycles. The quantitative estimate of drug-likeness (QED) is 0.608. The number of carbonyl (C=O) groups excluding carboxylic acids is 1. The summed E-state index contributed by atoms with van der Waals surface area (Å²) in [4.78, 5) is 17.4. The molecule has 158 valence electrons. The molecule has 4 rings (SSSR count). The van der Waals surface area contributed by atoms with Gasteiger partial charge in [-0.15, -0.1) is 11.3 Å². The third kappa shape index (κ3) is 4.31. The van der Waals surface area contributed by atoms with E-state index in [-0.39, 0.29) is 24.6 Å². The maximum absolute atomic E-state index is 11.8. The Morgan fingerprint density at radius 3 is 2.97 bits per heavy atom. The van der Waals surface area contributed by atoms with Crippen LogP contribution in [0.25, 0.3) is 21.0 Å². The number of thiazole rings is 1. The summed E-state index contributed by atoms with van der Waals surface area (Å²) < 4.78 is 5.72. The van der Waals surface area contributed by atoms with E-state index in [9.17, 15) is 10.1 Å². The molecule has 1 atom stereocenters. The van der Waals surface area contributed by atoms with E-state index in [1.165, 1.54) is 5.56 Å². The van der Waals surface area contributed by atoms with Crippen molar-refractivity contribution in [3.63, 3.8) is 0 Å². The first-order valence-electron chi connectivity index (χ1n) is 10.3. The van der Waals surface area contributed by atoms with Crippen molar-refractivity contribution in [1.29, 1.82) is 5.26 Å². The first kappa shape index (κ1) is 21.0. The number of rotatable bonds is 6. The van der Waals surface area contributed by atoms with Crippen LogP contribution in [0.3, 0.4) is 0 Å². The molecule has 1 amide bonds. The fraction of sp³-hybridized carbons (Fsp3) is 0.292. The van der Waals surface area contributed by atoms with E-state index in [4.69, 9.17) is 10.5 Å². The minimum Gasteiger partial charge on any atom is -0.490 e. The highest BCUT2D eigenvalue weighted by Crippen LogP contribution is 2.41. The van der Waals surface area contributed by atoms with E-state index < -0.39 is 0 Å². The molecular formula is C24H24N4O2S. The SMILES string of the molecule is CC(C)Oc1ccc(-c2ncc(-c3cccc4c3CC[C@H]4NC(=O)CN)s2)cc1C#N. The van der Waals surface area contributed by atoms with Gasteiger partial charge in [0.05, 0.1) is 29.1 Å². The Morgan fingerprint density at radius 1 is 1.39 bits per heavy atom. The van der Waals surface area contributed by atoms with E-state index in [0.717, 1.165) is 39.4 Å². The third-order valence-electron chi connectivity index (χ3n) is 5.27. The van der Waals surface area contributed by atoms with Crippen molar-refractivity contribution in [2.45, 2.75) is 38.8 Å². The Balaban J connectivity index is 1.64. The van der Waals surface area contributed by atoms with Crippen molar-refractivity contribution >= 4 is 17.2 Å². The molecule has 3 N–H and O–H groups in total. The molecule has 0 fully saturated rings. The second-order valence-electron chi connectivity index (χ2n) is 7.76. The van der Waals surface area contributed by atoms with Gasteiger partial charge < -0.3 is 15.8 Å². The second-order valence-corrected chi connectivity index (χ2v) is 8.79. The van der Waals surface area contributed by atoms with Gasteiger partial charge in [-0.25, -0.2) is 4.98 Å². The number of fused-ring (bicyclic) bond motifs is 1. The molecule has 1 aliphatic carbocycles. The minimum absolute atomic E-state index is 0.00283. The molecule has 6 nitrogen and oxygen atoms in total. The number of nitrogens with two attached hydrogens (primary N) is 1. The minimum atomic E-state index is -0.137. The fourth-order valence-corrected chi connectivity index (χ4v) is 4.89. The van der Waals surface area contributed by atoms with E-state index in [1.54, 1.807) is 11.3 Å². The highest BCUT2D eigenvalue weighted by molar-refractivity contribution is 7.18. The Bertz CT molecular complexity index is 1160. The predicted molar refractivity (Wildman–Crippen MR) is 122 cm³/mol. The van der Waals surface area contributed by atoms with Gasteiger partial charge in [-0.05, 0) is 61.6 Å². The first-order valence-corrected chi connectivity index (χ1v) is 11.1. The highest BCUT2D eigenvalue weighted by Gasteiger charge is 2.26. The molecule has 0 spiro atoms. The van der Waals surface area contributed by atoms with Gasteiger partial charge in [-0.3, -0.25) is 4.79 Å². The first-order chi connectivity index (χ1) is 15.0. The summed E-state index contributed by atoms with van der Waals surface area (Å²) in [7, 11) is 0. The lowest BCUT2D eigenvalue weighted by Crippen LogP contribution is -2.32. The van der Waals surface area contributed by atoms with Gasteiger partial charge in [-0.1, -0.05) is 18.2 Å². The predicted octanol–water partition coefficient (Wildman–Crippen LogP) is 4.20. The van der Waals surface area contributed by atoms with Crippen LogP contribution < -0.4 is 15.8 Å². The number of carbonyl (C=O) groups is 1. The molecule has 2 aromatic carbocycles. The topological polar surface area (TPSA) is 101 Å². The van der Waals surface area contributed by atoms with E-state index >= 15 is 0 Å². The molecule has 7 heteroatoms. The maximum Gasteiger partial charge on any atom is 0.234 e. The second kappa shape index (κ2) is 8.88. The van der Waals surface area contributed by atoms with E-state index in [1.807, 2.05) is 44.3 Å². The summed E-state index contributed by atoms with van der Waals surface area (Å²) in [6.07, 6.45) is 3.65. The van der Waals surface area contributed by atoms with Gasteiger partial charge in [0.1, 0.15) is 16.8 Å². The zero-order chi connectivity index (χ0) is 22.0. The molecule has 31 heavy (non-hydrogen) atoms. The zero-order valence-corrected chi connectivity index (χ0v) is 18.3. The van der Waals surface area contributed by atoms with Crippen LogP contribution in [0, 0.1) is 11.3 Å². The monoisotopic (exact) mass is 432 g/mol. The highest BCUT2D eigenvalue weighted by atomic mass is 32.1. The average molecular weight is 433 g/mol. The number of nitriles is 1. The van der Waals surface area contributed by atoms with Crippen LogP contribution in [0.1, 0.15) is 43.0 Å². The molecular weight excluding hydrogens is 408 g/mol. The number of hydrogen-bond acceptors (Lipinski definition) is 6. The summed E-state index contributed by atoms with van der Waals surface area (Å²) >= 11 is 1.59. The largest absolute Gasteiger partial charge is 0.490 e. The van der Waals surface area contributed by atoms with Crippen LogP contribution in [-0.4, -0.2) is 23.5 Å². The summed E-state index contributed by atoms with van der Waals surface area (Å²) in [6.45, 7) is 3.87. The summed E-state index contributed by atoms with van der Waals surface area (Å²) in [6, 6.07) is 14.0. The zero-order valence-electron chi connectivity index (χ0n) is 17.5. The molecule has 0 bridgehead atoms. The average Bonchev–Trinajstić information content (AvgIpc) is 3.41. The molecule has 1 aliphatic rings. The van der Waals surface area contributed by atoms with Crippen LogP contribution in [0.2, 0.25) is 0 Å². The molecule has 0 saturated carbocycles.